The van der Waals surface area contributed by atoms with Crippen molar-refractivity contribution in [3.05, 3.63) is 47.3 Å². The molecule has 4 heteroatoms. The number of benzene rings is 1. The van der Waals surface area contributed by atoms with Crippen LogP contribution < -0.4 is 0 Å². The highest BCUT2D eigenvalue weighted by Gasteiger charge is 2.25. The van der Waals surface area contributed by atoms with E-state index >= 15 is 0 Å². The number of nitrogens with zero attached hydrogens (tertiary/aromatic N) is 1. The van der Waals surface area contributed by atoms with E-state index in [4.69, 9.17) is 0 Å². The van der Waals surface area contributed by atoms with Crippen LogP contribution in [-0.2, 0) is 11.4 Å². The van der Waals surface area contributed by atoms with Crippen molar-refractivity contribution in [1.82, 2.24) is 0 Å². The second kappa shape index (κ2) is 5.90. The molecule has 0 saturated carbocycles. The minimum Gasteiger partial charge on any atom is -0.591 e. The molecule has 0 amide bonds. The number of hydrogen-bond acceptors (Lipinski definition) is 3. The average Bonchev–Trinajstić information content (AvgIpc) is 2.84. The SMILES string of the molecule is CC(C)(C)[S@@+]([O-])/N=C/c1ccc(-c2ccccc2)s1. The number of hydrogen-bond donors (Lipinski definition) is 0. The van der Waals surface area contributed by atoms with E-state index < -0.39 is 11.4 Å². The molecule has 0 radical (unpaired) electrons. The summed E-state index contributed by atoms with van der Waals surface area (Å²) in [6.45, 7) is 5.76. The summed E-state index contributed by atoms with van der Waals surface area (Å²) in [4.78, 5) is 2.22. The van der Waals surface area contributed by atoms with Gasteiger partial charge in [-0.15, -0.1) is 11.3 Å². The molecular weight excluding hydrogens is 274 g/mol. The van der Waals surface area contributed by atoms with Gasteiger partial charge in [0.25, 0.3) is 0 Å². The van der Waals surface area contributed by atoms with Gasteiger partial charge < -0.3 is 4.55 Å². The summed E-state index contributed by atoms with van der Waals surface area (Å²) in [6, 6.07) is 14.3. The zero-order valence-corrected chi connectivity index (χ0v) is 12.9. The molecule has 1 aromatic heterocycles. The fourth-order valence-corrected chi connectivity index (χ4v) is 2.92. The van der Waals surface area contributed by atoms with Crippen LogP contribution in [0.25, 0.3) is 10.4 Å². The van der Waals surface area contributed by atoms with Crippen LogP contribution in [0, 0.1) is 0 Å². The Bertz CT molecular complexity index is 555. The first-order valence-electron chi connectivity index (χ1n) is 6.08. The van der Waals surface area contributed by atoms with Crippen molar-refractivity contribution in [3.63, 3.8) is 0 Å². The summed E-state index contributed by atoms with van der Waals surface area (Å²) in [5.41, 5.74) is 1.20. The maximum Gasteiger partial charge on any atom is 0.144 e. The van der Waals surface area contributed by atoms with Gasteiger partial charge in [-0.1, -0.05) is 34.7 Å². The molecule has 2 aromatic rings. The molecular formula is C15H17NOS2. The quantitative estimate of drug-likeness (QED) is 0.613. The summed E-state index contributed by atoms with van der Waals surface area (Å²) < 4.78 is 15.7. The molecule has 1 aromatic carbocycles. The van der Waals surface area contributed by atoms with Gasteiger partial charge in [-0.25, -0.2) is 0 Å². The lowest BCUT2D eigenvalue weighted by atomic mass is 10.2. The first-order valence-corrected chi connectivity index (χ1v) is 8.00. The molecule has 0 N–H and O–H groups in total. The van der Waals surface area contributed by atoms with Crippen molar-refractivity contribution in [2.75, 3.05) is 0 Å². The van der Waals surface area contributed by atoms with Crippen LogP contribution in [0.5, 0.6) is 0 Å². The van der Waals surface area contributed by atoms with Crippen LogP contribution in [0.2, 0.25) is 0 Å². The molecule has 100 valence electrons. The Morgan fingerprint density at radius 3 is 2.42 bits per heavy atom. The lowest BCUT2D eigenvalue weighted by Crippen LogP contribution is -2.25. The molecule has 1 heterocycles. The molecule has 0 aliphatic rings. The minimum absolute atomic E-state index is 0.310. The van der Waals surface area contributed by atoms with Crippen LogP contribution in [0.15, 0.2) is 46.9 Å². The van der Waals surface area contributed by atoms with Crippen LogP contribution >= 0.6 is 11.3 Å². The van der Waals surface area contributed by atoms with E-state index in [1.807, 2.05) is 45.0 Å². The Hall–Kier alpha value is -1.10. The van der Waals surface area contributed by atoms with Crippen LogP contribution in [0.4, 0.5) is 0 Å². The fourth-order valence-electron chi connectivity index (χ4n) is 1.44. The Kier molecular flexibility index (Phi) is 4.45. The van der Waals surface area contributed by atoms with Crippen LogP contribution in [-0.4, -0.2) is 15.5 Å². The van der Waals surface area contributed by atoms with E-state index in [0.717, 1.165) is 4.88 Å². The topological polar surface area (TPSA) is 35.4 Å². The third kappa shape index (κ3) is 3.93. The highest BCUT2D eigenvalue weighted by Crippen LogP contribution is 2.27. The van der Waals surface area contributed by atoms with Crippen molar-refractivity contribution in [1.29, 1.82) is 0 Å². The molecule has 0 bridgehead atoms. The Morgan fingerprint density at radius 1 is 1.11 bits per heavy atom. The van der Waals surface area contributed by atoms with Crippen molar-refractivity contribution in [3.8, 4) is 10.4 Å². The average molecular weight is 291 g/mol. The standard InChI is InChI=1S/C15H17NOS2/c1-15(2,3)19(17)16-11-13-9-10-14(18-13)12-7-5-4-6-8-12/h4-11H,1-3H3/b16-11+/t19-/m1/s1. The van der Waals surface area contributed by atoms with Crippen molar-refractivity contribution in [2.24, 2.45) is 4.40 Å². The Balaban J connectivity index is 2.12. The molecule has 0 unspecified atom stereocenters. The summed E-state index contributed by atoms with van der Waals surface area (Å²) in [5.74, 6) is 0. The first-order chi connectivity index (χ1) is 8.97. The molecule has 0 fully saturated rings. The predicted molar refractivity (Wildman–Crippen MR) is 85.2 cm³/mol. The maximum absolute atomic E-state index is 11.8. The van der Waals surface area contributed by atoms with E-state index in [2.05, 4.69) is 22.6 Å². The van der Waals surface area contributed by atoms with Crippen molar-refractivity contribution < 1.29 is 4.55 Å². The van der Waals surface area contributed by atoms with Crippen molar-refractivity contribution >= 4 is 28.9 Å². The van der Waals surface area contributed by atoms with E-state index in [1.165, 1.54) is 10.4 Å². The highest BCUT2D eigenvalue weighted by molar-refractivity contribution is 7.91. The number of thiophene rings is 1. The third-order valence-corrected chi connectivity index (χ3v) is 4.90. The lowest BCUT2D eigenvalue weighted by Gasteiger charge is -2.17. The monoisotopic (exact) mass is 291 g/mol. The summed E-state index contributed by atoms with van der Waals surface area (Å²) in [6.07, 6.45) is 1.71. The van der Waals surface area contributed by atoms with E-state index in [0.29, 0.717) is 0 Å². The molecule has 0 aliphatic heterocycles. The van der Waals surface area contributed by atoms with E-state index in [9.17, 15) is 4.55 Å². The zero-order chi connectivity index (χ0) is 13.9. The van der Waals surface area contributed by atoms with Gasteiger partial charge in [-0.3, -0.25) is 0 Å². The van der Waals surface area contributed by atoms with Gasteiger partial charge in [-0.05, 0) is 38.5 Å². The molecule has 0 saturated heterocycles. The van der Waals surface area contributed by atoms with E-state index in [1.54, 1.807) is 17.6 Å². The Morgan fingerprint density at radius 2 is 1.79 bits per heavy atom. The largest absolute Gasteiger partial charge is 0.591 e. The minimum atomic E-state index is -1.20. The van der Waals surface area contributed by atoms with Crippen molar-refractivity contribution in [2.45, 2.75) is 25.5 Å². The van der Waals surface area contributed by atoms with Gasteiger partial charge in [0.2, 0.25) is 0 Å². The van der Waals surface area contributed by atoms with Gasteiger partial charge in [0.05, 0.1) is 11.1 Å². The molecule has 19 heavy (non-hydrogen) atoms. The summed E-state index contributed by atoms with van der Waals surface area (Å²) >= 11 is 0.458. The lowest BCUT2D eigenvalue weighted by molar-refractivity contribution is 0.562. The summed E-state index contributed by atoms with van der Waals surface area (Å²) in [5, 5.41) is 0. The maximum atomic E-state index is 11.8. The third-order valence-electron chi connectivity index (χ3n) is 2.48. The highest BCUT2D eigenvalue weighted by atomic mass is 32.2. The van der Waals surface area contributed by atoms with Gasteiger partial charge in [0.1, 0.15) is 16.1 Å². The van der Waals surface area contributed by atoms with Gasteiger partial charge in [-0.2, -0.15) is 0 Å². The first kappa shape index (κ1) is 14.3. The zero-order valence-electron chi connectivity index (χ0n) is 11.3. The molecule has 1 atom stereocenters. The second-order valence-corrected chi connectivity index (χ2v) is 8.21. The van der Waals surface area contributed by atoms with E-state index in [-0.39, 0.29) is 4.75 Å². The van der Waals surface area contributed by atoms with Gasteiger partial charge >= 0.3 is 0 Å². The second-order valence-electron chi connectivity index (χ2n) is 5.16. The van der Waals surface area contributed by atoms with Gasteiger partial charge in [0, 0.05) is 4.88 Å². The molecule has 2 rings (SSSR count). The smallest absolute Gasteiger partial charge is 0.144 e. The normalized spacial score (nSPS) is 13.9. The Labute approximate surface area is 121 Å². The van der Waals surface area contributed by atoms with Gasteiger partial charge in [0.15, 0.2) is 0 Å². The van der Waals surface area contributed by atoms with Crippen LogP contribution in [0.3, 0.4) is 0 Å². The predicted octanol–water partition coefficient (Wildman–Crippen LogP) is 4.30. The molecule has 0 spiro atoms. The summed E-state index contributed by atoms with van der Waals surface area (Å²) in [7, 11) is 0. The van der Waals surface area contributed by atoms with Crippen LogP contribution in [0.1, 0.15) is 25.6 Å². The molecule has 0 aliphatic carbocycles. The fraction of sp³-hybridized carbons (Fsp3) is 0.267. The number of rotatable bonds is 3. The molecule has 2 nitrogen and oxygen atoms in total.